The van der Waals surface area contributed by atoms with Gasteiger partial charge >= 0.3 is 0 Å². The fraction of sp³-hybridized carbons (Fsp3) is 0.333. The van der Waals surface area contributed by atoms with E-state index in [1.165, 1.54) is 12.1 Å². The molecule has 0 aromatic heterocycles. The molecule has 2 aromatic rings. The molecular formula is C21H21ClF4N2O5. The van der Waals surface area contributed by atoms with Crippen molar-refractivity contribution in [1.29, 1.82) is 0 Å². The molecule has 2 aromatic carbocycles. The highest BCUT2D eigenvalue weighted by molar-refractivity contribution is 6.30. The second-order valence-corrected chi connectivity index (χ2v) is 7.14. The fourth-order valence-corrected chi connectivity index (χ4v) is 2.57. The number of carbonyl (C=O) groups is 2. The first kappa shape index (κ1) is 26.2. The van der Waals surface area contributed by atoms with E-state index in [4.69, 9.17) is 21.1 Å². The van der Waals surface area contributed by atoms with E-state index in [0.717, 1.165) is 24.3 Å². The highest BCUT2D eigenvalue weighted by atomic mass is 35.5. The third kappa shape index (κ3) is 9.15. The number of hydrogen-bond donors (Lipinski definition) is 3. The Labute approximate surface area is 191 Å². The molecule has 2 rings (SSSR count). The van der Waals surface area contributed by atoms with Gasteiger partial charge < -0.3 is 25.2 Å². The highest BCUT2D eigenvalue weighted by Gasteiger charge is 2.15. The summed E-state index contributed by atoms with van der Waals surface area (Å²) in [6.07, 6.45) is -3.90. The van der Waals surface area contributed by atoms with Crippen LogP contribution in [0.25, 0.3) is 0 Å². The van der Waals surface area contributed by atoms with Crippen LogP contribution in [0.15, 0.2) is 36.4 Å². The topological polar surface area (TPSA) is 96.9 Å². The molecule has 1 atom stereocenters. The zero-order chi connectivity index (χ0) is 24.4. The number of alkyl halides is 2. The molecule has 0 aliphatic rings. The summed E-state index contributed by atoms with van der Waals surface area (Å²) in [6.45, 7) is -0.969. The highest BCUT2D eigenvalue weighted by Crippen LogP contribution is 2.26. The SMILES string of the molecule is O=C(COc1ccc(F)c(C(F)F)c1)NCC[C@H](O)CNC(=O)COc1ccc(Cl)c(F)c1. The van der Waals surface area contributed by atoms with E-state index in [9.17, 15) is 32.3 Å². The number of benzene rings is 2. The molecule has 33 heavy (non-hydrogen) atoms. The van der Waals surface area contributed by atoms with Gasteiger partial charge in [0.05, 0.1) is 16.7 Å². The molecule has 180 valence electrons. The first-order chi connectivity index (χ1) is 15.7. The lowest BCUT2D eigenvalue weighted by atomic mass is 10.2. The molecule has 0 aliphatic carbocycles. The predicted octanol–water partition coefficient (Wildman–Crippen LogP) is 3.00. The number of amides is 2. The molecular weight excluding hydrogens is 472 g/mol. The Morgan fingerprint density at radius 3 is 2.18 bits per heavy atom. The van der Waals surface area contributed by atoms with Crippen LogP contribution in [-0.4, -0.2) is 49.3 Å². The maximum atomic E-state index is 13.3. The zero-order valence-electron chi connectivity index (χ0n) is 17.1. The van der Waals surface area contributed by atoms with Crippen LogP contribution in [-0.2, 0) is 9.59 Å². The van der Waals surface area contributed by atoms with E-state index in [0.29, 0.717) is 0 Å². The first-order valence-electron chi connectivity index (χ1n) is 9.65. The Morgan fingerprint density at radius 1 is 0.939 bits per heavy atom. The van der Waals surface area contributed by atoms with Crippen molar-refractivity contribution in [3.63, 3.8) is 0 Å². The normalized spacial score (nSPS) is 11.7. The minimum Gasteiger partial charge on any atom is -0.484 e. The van der Waals surface area contributed by atoms with Crippen LogP contribution in [0.1, 0.15) is 18.4 Å². The monoisotopic (exact) mass is 492 g/mol. The lowest BCUT2D eigenvalue weighted by Gasteiger charge is -2.13. The molecule has 2 amide bonds. The van der Waals surface area contributed by atoms with Gasteiger partial charge in [-0.1, -0.05) is 11.6 Å². The molecule has 0 fully saturated rings. The first-order valence-corrected chi connectivity index (χ1v) is 10.0. The van der Waals surface area contributed by atoms with Crippen molar-refractivity contribution in [3.8, 4) is 11.5 Å². The number of rotatable bonds is 12. The van der Waals surface area contributed by atoms with Crippen LogP contribution in [0, 0.1) is 11.6 Å². The Hall–Kier alpha value is -3.05. The molecule has 3 N–H and O–H groups in total. The third-order valence-electron chi connectivity index (χ3n) is 4.17. The van der Waals surface area contributed by atoms with E-state index < -0.39 is 54.8 Å². The van der Waals surface area contributed by atoms with Crippen LogP contribution >= 0.6 is 11.6 Å². The number of carbonyl (C=O) groups excluding carboxylic acids is 2. The van der Waals surface area contributed by atoms with Gasteiger partial charge in [-0.25, -0.2) is 17.6 Å². The summed E-state index contributed by atoms with van der Waals surface area (Å²) >= 11 is 5.55. The van der Waals surface area contributed by atoms with Gasteiger partial charge in [0.1, 0.15) is 23.1 Å². The maximum absolute atomic E-state index is 13.3. The van der Waals surface area contributed by atoms with Gasteiger partial charge in [0.25, 0.3) is 18.2 Å². The van der Waals surface area contributed by atoms with Gasteiger partial charge in [-0.3, -0.25) is 9.59 Å². The molecule has 0 spiro atoms. The molecule has 0 heterocycles. The van der Waals surface area contributed by atoms with Crippen molar-refractivity contribution in [2.45, 2.75) is 19.0 Å². The average molecular weight is 493 g/mol. The Kier molecular flexibility index (Phi) is 10.2. The molecule has 0 bridgehead atoms. The van der Waals surface area contributed by atoms with E-state index in [-0.39, 0.29) is 36.0 Å². The number of aliphatic hydroxyl groups excluding tert-OH is 1. The Bertz CT molecular complexity index is 964. The standard InChI is InChI=1S/C21H21ClF4N2O5/c22-16-3-1-14(8-18(16)24)33-11-20(31)28-9-12(29)5-6-27-19(30)10-32-13-2-4-17(23)15(7-13)21(25)26/h1-4,7-8,12,21,29H,5-6,9-11H2,(H,27,30)(H,28,31)/t12-/m0/s1. The lowest BCUT2D eigenvalue weighted by molar-refractivity contribution is -0.124. The summed E-state index contributed by atoms with van der Waals surface area (Å²) in [7, 11) is 0. The predicted molar refractivity (Wildman–Crippen MR) is 110 cm³/mol. The lowest BCUT2D eigenvalue weighted by Crippen LogP contribution is -2.37. The van der Waals surface area contributed by atoms with E-state index in [1.807, 2.05) is 0 Å². The molecule has 7 nitrogen and oxygen atoms in total. The number of nitrogens with one attached hydrogen (secondary N) is 2. The average Bonchev–Trinajstić information content (AvgIpc) is 2.77. The minimum absolute atomic E-state index is 0.0471. The Morgan fingerprint density at radius 2 is 1.55 bits per heavy atom. The third-order valence-corrected chi connectivity index (χ3v) is 4.47. The quantitative estimate of drug-likeness (QED) is 0.396. The summed E-state index contributed by atoms with van der Waals surface area (Å²) < 4.78 is 62.0. The summed E-state index contributed by atoms with van der Waals surface area (Å²) in [5, 5.41) is 14.7. The van der Waals surface area contributed by atoms with Crippen LogP contribution < -0.4 is 20.1 Å². The van der Waals surface area contributed by atoms with E-state index in [1.54, 1.807) is 0 Å². The fourth-order valence-electron chi connectivity index (χ4n) is 2.46. The zero-order valence-corrected chi connectivity index (χ0v) is 17.9. The van der Waals surface area contributed by atoms with Crippen LogP contribution in [0.4, 0.5) is 17.6 Å². The smallest absolute Gasteiger partial charge is 0.266 e. The molecule has 0 saturated carbocycles. The number of hydrogen-bond acceptors (Lipinski definition) is 5. The van der Waals surface area contributed by atoms with Crippen molar-refractivity contribution in [3.05, 3.63) is 58.6 Å². The molecule has 0 unspecified atom stereocenters. The number of aliphatic hydroxyl groups is 1. The molecule has 0 aliphatic heterocycles. The van der Waals surface area contributed by atoms with Crippen molar-refractivity contribution >= 4 is 23.4 Å². The number of ether oxygens (including phenoxy) is 2. The molecule has 12 heteroatoms. The summed E-state index contributed by atoms with van der Waals surface area (Å²) in [6, 6.07) is 6.46. The van der Waals surface area contributed by atoms with Gasteiger partial charge in [-0.15, -0.1) is 0 Å². The van der Waals surface area contributed by atoms with Crippen LogP contribution in [0.3, 0.4) is 0 Å². The number of halogens is 5. The van der Waals surface area contributed by atoms with Crippen LogP contribution in [0.5, 0.6) is 11.5 Å². The van der Waals surface area contributed by atoms with Gasteiger partial charge in [-0.2, -0.15) is 0 Å². The van der Waals surface area contributed by atoms with E-state index >= 15 is 0 Å². The molecule has 0 radical (unpaired) electrons. The van der Waals surface area contributed by atoms with E-state index in [2.05, 4.69) is 10.6 Å². The van der Waals surface area contributed by atoms with Gasteiger partial charge in [0.2, 0.25) is 0 Å². The van der Waals surface area contributed by atoms with Crippen molar-refractivity contribution in [1.82, 2.24) is 10.6 Å². The van der Waals surface area contributed by atoms with Crippen molar-refractivity contribution in [2.24, 2.45) is 0 Å². The van der Waals surface area contributed by atoms with Crippen molar-refractivity contribution in [2.75, 3.05) is 26.3 Å². The van der Waals surface area contributed by atoms with Gasteiger partial charge in [-0.05, 0) is 36.8 Å². The second kappa shape index (κ2) is 12.9. The maximum Gasteiger partial charge on any atom is 0.266 e. The van der Waals surface area contributed by atoms with Crippen LogP contribution in [0.2, 0.25) is 5.02 Å². The minimum atomic E-state index is -3.02. The van der Waals surface area contributed by atoms with Crippen molar-refractivity contribution < 1.29 is 41.7 Å². The van der Waals surface area contributed by atoms with Gasteiger partial charge in [0.15, 0.2) is 13.2 Å². The summed E-state index contributed by atoms with van der Waals surface area (Å²) in [5.74, 6) is -2.87. The molecule has 0 saturated heterocycles. The summed E-state index contributed by atoms with van der Waals surface area (Å²) in [4.78, 5) is 23.5. The largest absolute Gasteiger partial charge is 0.484 e. The van der Waals surface area contributed by atoms with Gasteiger partial charge in [0, 0.05) is 19.2 Å². The Balaban J connectivity index is 1.61. The summed E-state index contributed by atoms with van der Waals surface area (Å²) in [5.41, 5.74) is -0.830. The second-order valence-electron chi connectivity index (χ2n) is 6.73.